The number of aliphatic carboxylic acids is 1. The van der Waals surface area contributed by atoms with Gasteiger partial charge in [-0.05, 0) is 32.3 Å². The minimum atomic E-state index is -1.14. The first-order valence-electron chi connectivity index (χ1n) is 7.65. The zero-order chi connectivity index (χ0) is 16.2. The molecule has 1 aliphatic carbocycles. The van der Waals surface area contributed by atoms with E-state index in [0.717, 1.165) is 19.3 Å². The fourth-order valence-corrected chi connectivity index (χ4v) is 2.56. The highest BCUT2D eigenvalue weighted by Crippen LogP contribution is 2.30. The summed E-state index contributed by atoms with van der Waals surface area (Å²) >= 11 is 0. The van der Waals surface area contributed by atoms with Gasteiger partial charge in [0.2, 0.25) is 5.88 Å². The lowest BCUT2D eigenvalue weighted by Crippen LogP contribution is -2.52. The van der Waals surface area contributed by atoms with Crippen molar-refractivity contribution in [3.63, 3.8) is 0 Å². The van der Waals surface area contributed by atoms with E-state index in [-0.39, 0.29) is 6.10 Å². The van der Waals surface area contributed by atoms with E-state index in [1.165, 1.54) is 6.20 Å². The molecule has 1 amide bonds. The van der Waals surface area contributed by atoms with Crippen LogP contribution in [0.3, 0.4) is 0 Å². The number of aromatic nitrogens is 1. The predicted octanol–water partition coefficient (Wildman–Crippen LogP) is 2.39. The highest BCUT2D eigenvalue weighted by molar-refractivity contribution is 5.98. The van der Waals surface area contributed by atoms with Gasteiger partial charge in [-0.2, -0.15) is 0 Å². The van der Waals surface area contributed by atoms with Gasteiger partial charge in [0.1, 0.15) is 5.54 Å². The standard InChI is InChI=1S/C16H22N2O4/c1-3-11(2)22-13-10-12(6-9-17-13)14(19)18-16(15(20)21)7-4-5-8-16/h6,9-11H,3-5,7-8H2,1-2H3,(H,18,19)(H,20,21). The molecular weight excluding hydrogens is 284 g/mol. The fourth-order valence-electron chi connectivity index (χ4n) is 2.56. The van der Waals surface area contributed by atoms with Crippen molar-refractivity contribution in [1.82, 2.24) is 10.3 Å². The van der Waals surface area contributed by atoms with Crippen molar-refractivity contribution >= 4 is 11.9 Å². The Morgan fingerprint density at radius 1 is 1.45 bits per heavy atom. The quantitative estimate of drug-likeness (QED) is 0.842. The Balaban J connectivity index is 2.12. The van der Waals surface area contributed by atoms with E-state index in [1.807, 2.05) is 13.8 Å². The Labute approximate surface area is 129 Å². The molecule has 0 aliphatic heterocycles. The van der Waals surface area contributed by atoms with Crippen LogP contribution < -0.4 is 10.1 Å². The molecular formula is C16H22N2O4. The SMILES string of the molecule is CCC(C)Oc1cc(C(=O)NC2(C(=O)O)CCCC2)ccn1. The van der Waals surface area contributed by atoms with Gasteiger partial charge in [-0.1, -0.05) is 19.8 Å². The van der Waals surface area contributed by atoms with E-state index < -0.39 is 17.4 Å². The molecule has 0 radical (unpaired) electrons. The number of hydrogen-bond donors (Lipinski definition) is 2. The molecule has 1 aromatic rings. The average Bonchev–Trinajstić information content (AvgIpc) is 2.97. The summed E-state index contributed by atoms with van der Waals surface area (Å²) in [5, 5.41) is 12.1. The van der Waals surface area contributed by atoms with Crippen LogP contribution in [-0.2, 0) is 4.79 Å². The second-order valence-corrected chi connectivity index (χ2v) is 5.77. The molecule has 6 heteroatoms. The Bertz CT molecular complexity index is 553. The number of carbonyl (C=O) groups is 2. The number of carboxylic acids is 1. The lowest BCUT2D eigenvalue weighted by atomic mass is 9.97. The zero-order valence-electron chi connectivity index (χ0n) is 13.0. The van der Waals surface area contributed by atoms with E-state index in [9.17, 15) is 14.7 Å². The van der Waals surface area contributed by atoms with Crippen molar-refractivity contribution in [2.75, 3.05) is 0 Å². The Hall–Kier alpha value is -2.11. The molecule has 120 valence electrons. The van der Waals surface area contributed by atoms with Gasteiger partial charge in [0.05, 0.1) is 6.10 Å². The second-order valence-electron chi connectivity index (χ2n) is 5.77. The first kappa shape index (κ1) is 16.3. The smallest absolute Gasteiger partial charge is 0.329 e. The van der Waals surface area contributed by atoms with Crippen molar-refractivity contribution in [3.05, 3.63) is 23.9 Å². The molecule has 1 saturated carbocycles. The lowest BCUT2D eigenvalue weighted by molar-refractivity contribution is -0.144. The molecule has 1 heterocycles. The Morgan fingerprint density at radius 3 is 2.73 bits per heavy atom. The van der Waals surface area contributed by atoms with Crippen molar-refractivity contribution < 1.29 is 19.4 Å². The summed E-state index contributed by atoms with van der Waals surface area (Å²) in [6.07, 6.45) is 4.89. The molecule has 2 rings (SSSR count). The molecule has 1 unspecified atom stereocenters. The molecule has 2 N–H and O–H groups in total. The van der Waals surface area contributed by atoms with Gasteiger partial charge in [-0.15, -0.1) is 0 Å². The average molecular weight is 306 g/mol. The summed E-state index contributed by atoms with van der Waals surface area (Å²) in [7, 11) is 0. The van der Waals surface area contributed by atoms with Crippen LogP contribution in [0, 0.1) is 0 Å². The van der Waals surface area contributed by atoms with Crippen LogP contribution in [0.4, 0.5) is 0 Å². The number of hydrogen-bond acceptors (Lipinski definition) is 4. The van der Waals surface area contributed by atoms with Gasteiger partial charge in [-0.3, -0.25) is 4.79 Å². The third-order valence-electron chi connectivity index (χ3n) is 4.11. The van der Waals surface area contributed by atoms with Crippen LogP contribution in [0.1, 0.15) is 56.3 Å². The van der Waals surface area contributed by atoms with Crippen molar-refractivity contribution in [2.45, 2.75) is 57.6 Å². The van der Waals surface area contributed by atoms with Crippen LogP contribution in [0.25, 0.3) is 0 Å². The minimum absolute atomic E-state index is 0.00556. The lowest BCUT2D eigenvalue weighted by Gasteiger charge is -2.25. The summed E-state index contributed by atoms with van der Waals surface area (Å²) in [5.41, 5.74) is -0.779. The number of ether oxygens (including phenoxy) is 1. The predicted molar refractivity (Wildman–Crippen MR) is 80.9 cm³/mol. The third kappa shape index (κ3) is 3.55. The van der Waals surface area contributed by atoms with Gasteiger partial charge in [0.15, 0.2) is 0 Å². The molecule has 1 fully saturated rings. The third-order valence-corrected chi connectivity index (χ3v) is 4.11. The first-order chi connectivity index (χ1) is 10.5. The number of nitrogens with one attached hydrogen (secondary N) is 1. The summed E-state index contributed by atoms with van der Waals surface area (Å²) in [4.78, 5) is 27.9. The van der Waals surface area contributed by atoms with Crippen LogP contribution in [0.15, 0.2) is 18.3 Å². The maximum atomic E-state index is 12.4. The molecule has 1 atom stereocenters. The van der Waals surface area contributed by atoms with E-state index in [1.54, 1.807) is 12.1 Å². The molecule has 0 spiro atoms. The number of carboxylic acid groups (broad SMARTS) is 1. The topological polar surface area (TPSA) is 88.5 Å². The minimum Gasteiger partial charge on any atom is -0.480 e. The van der Waals surface area contributed by atoms with Gasteiger partial charge >= 0.3 is 5.97 Å². The zero-order valence-corrected chi connectivity index (χ0v) is 13.0. The fraction of sp³-hybridized carbons (Fsp3) is 0.562. The maximum Gasteiger partial charge on any atom is 0.329 e. The Kier molecular flexibility index (Phi) is 5.00. The van der Waals surface area contributed by atoms with Gasteiger partial charge in [0, 0.05) is 17.8 Å². The summed E-state index contributed by atoms with van der Waals surface area (Å²) in [5.74, 6) is -0.998. The molecule has 6 nitrogen and oxygen atoms in total. The van der Waals surface area contributed by atoms with Crippen LogP contribution in [0.2, 0.25) is 0 Å². The number of carbonyl (C=O) groups excluding carboxylic acids is 1. The number of pyridine rings is 1. The number of rotatable bonds is 6. The van der Waals surface area contributed by atoms with Crippen molar-refractivity contribution in [1.29, 1.82) is 0 Å². The van der Waals surface area contributed by atoms with Gasteiger partial charge < -0.3 is 15.2 Å². The molecule has 0 aromatic carbocycles. The molecule has 1 aromatic heterocycles. The molecule has 0 bridgehead atoms. The van der Waals surface area contributed by atoms with Crippen molar-refractivity contribution in [3.8, 4) is 5.88 Å². The van der Waals surface area contributed by atoms with Gasteiger partial charge in [-0.25, -0.2) is 9.78 Å². The maximum absolute atomic E-state index is 12.4. The number of nitrogens with zero attached hydrogens (tertiary/aromatic N) is 1. The molecule has 1 aliphatic rings. The number of amides is 1. The van der Waals surface area contributed by atoms with E-state index in [2.05, 4.69) is 10.3 Å². The van der Waals surface area contributed by atoms with Crippen LogP contribution >= 0.6 is 0 Å². The highest BCUT2D eigenvalue weighted by atomic mass is 16.5. The van der Waals surface area contributed by atoms with E-state index in [4.69, 9.17) is 4.74 Å². The first-order valence-corrected chi connectivity index (χ1v) is 7.65. The monoisotopic (exact) mass is 306 g/mol. The molecule has 0 saturated heterocycles. The summed E-state index contributed by atoms with van der Waals surface area (Å²) in [6, 6.07) is 3.11. The van der Waals surface area contributed by atoms with Gasteiger partial charge in [0.25, 0.3) is 5.91 Å². The Morgan fingerprint density at radius 2 is 2.14 bits per heavy atom. The highest BCUT2D eigenvalue weighted by Gasteiger charge is 2.42. The normalized spacial score (nSPS) is 17.7. The van der Waals surface area contributed by atoms with Crippen LogP contribution in [0.5, 0.6) is 5.88 Å². The van der Waals surface area contributed by atoms with E-state index in [0.29, 0.717) is 24.3 Å². The van der Waals surface area contributed by atoms with Crippen LogP contribution in [-0.4, -0.2) is 33.6 Å². The van der Waals surface area contributed by atoms with Crippen molar-refractivity contribution in [2.24, 2.45) is 0 Å². The second kappa shape index (κ2) is 6.77. The summed E-state index contributed by atoms with van der Waals surface area (Å²) < 4.78 is 5.59. The van der Waals surface area contributed by atoms with E-state index >= 15 is 0 Å². The summed E-state index contributed by atoms with van der Waals surface area (Å²) in [6.45, 7) is 3.92. The molecule has 22 heavy (non-hydrogen) atoms. The largest absolute Gasteiger partial charge is 0.480 e.